The van der Waals surface area contributed by atoms with Gasteiger partial charge in [-0.15, -0.1) is 10.2 Å². The predicted octanol–water partition coefficient (Wildman–Crippen LogP) is 2.68. The Balaban J connectivity index is 1.54. The molecule has 0 aromatic carbocycles. The lowest BCUT2D eigenvalue weighted by molar-refractivity contribution is 0.329. The minimum absolute atomic E-state index is 0.568. The van der Waals surface area contributed by atoms with Crippen LogP contribution >= 0.6 is 0 Å². The molecule has 0 amide bonds. The Kier molecular flexibility index (Phi) is 6.70. The Bertz CT molecular complexity index is 556. The van der Waals surface area contributed by atoms with Crippen LogP contribution < -0.4 is 10.6 Å². The van der Waals surface area contributed by atoms with Crippen molar-refractivity contribution in [1.29, 1.82) is 0 Å². The first-order valence-corrected chi connectivity index (χ1v) is 10.2. The average molecular weight is 347 g/mol. The highest BCUT2D eigenvalue weighted by atomic mass is 15.3. The van der Waals surface area contributed by atoms with Crippen LogP contribution in [-0.4, -0.2) is 39.9 Å². The highest BCUT2D eigenvalue weighted by molar-refractivity contribution is 5.80. The molecule has 2 N–H and O–H groups in total. The lowest BCUT2D eigenvalue weighted by Crippen LogP contribution is -2.44. The standard InChI is InChI=1S/C19H34N6/c1-3-20-19(22-16-10-8-15(2)9-11-16)21-13-12-18-24-23-17-7-5-4-6-14-25(17)18/h15-16H,3-14H2,1-2H3,(H2,20,21,22). The summed E-state index contributed by atoms with van der Waals surface area (Å²) in [5, 5.41) is 15.8. The summed E-state index contributed by atoms with van der Waals surface area (Å²) in [6.45, 7) is 7.21. The van der Waals surface area contributed by atoms with E-state index in [4.69, 9.17) is 4.99 Å². The van der Waals surface area contributed by atoms with Crippen LogP contribution in [0.15, 0.2) is 4.99 Å². The van der Waals surface area contributed by atoms with Crippen LogP contribution in [0.5, 0.6) is 0 Å². The minimum Gasteiger partial charge on any atom is -0.357 e. The van der Waals surface area contributed by atoms with Gasteiger partial charge in [-0.3, -0.25) is 4.99 Å². The second kappa shape index (κ2) is 9.20. The fraction of sp³-hybridized carbons (Fsp3) is 0.842. The van der Waals surface area contributed by atoms with Crippen molar-refractivity contribution in [2.45, 2.75) is 84.2 Å². The molecule has 6 nitrogen and oxygen atoms in total. The van der Waals surface area contributed by atoms with E-state index >= 15 is 0 Å². The summed E-state index contributed by atoms with van der Waals surface area (Å²) in [7, 11) is 0. The maximum atomic E-state index is 4.79. The maximum absolute atomic E-state index is 4.79. The van der Waals surface area contributed by atoms with Crippen molar-refractivity contribution < 1.29 is 0 Å². The summed E-state index contributed by atoms with van der Waals surface area (Å²) < 4.78 is 2.32. The Labute approximate surface area is 151 Å². The quantitative estimate of drug-likeness (QED) is 0.635. The van der Waals surface area contributed by atoms with Crippen LogP contribution in [0.2, 0.25) is 0 Å². The molecule has 2 heterocycles. The molecular weight excluding hydrogens is 312 g/mol. The molecule has 0 spiro atoms. The molecule has 0 unspecified atom stereocenters. The molecule has 2 aliphatic rings. The van der Waals surface area contributed by atoms with Gasteiger partial charge in [0.1, 0.15) is 11.6 Å². The van der Waals surface area contributed by atoms with E-state index in [0.29, 0.717) is 6.04 Å². The SMILES string of the molecule is CCNC(=NCCc1nnc2n1CCCCC2)NC1CCC(C)CC1. The van der Waals surface area contributed by atoms with E-state index in [2.05, 4.69) is 39.2 Å². The second-order valence-corrected chi connectivity index (χ2v) is 7.61. The molecule has 1 saturated carbocycles. The summed E-state index contributed by atoms with van der Waals surface area (Å²) in [4.78, 5) is 4.79. The fourth-order valence-electron chi connectivity index (χ4n) is 3.92. The molecule has 0 radical (unpaired) electrons. The minimum atomic E-state index is 0.568. The van der Waals surface area contributed by atoms with Gasteiger partial charge in [-0.2, -0.15) is 0 Å². The largest absolute Gasteiger partial charge is 0.357 e. The molecule has 0 atom stereocenters. The summed E-state index contributed by atoms with van der Waals surface area (Å²) in [6, 6.07) is 0.568. The number of aliphatic imine (C=N–C) groups is 1. The first-order chi connectivity index (χ1) is 12.3. The van der Waals surface area contributed by atoms with Crippen molar-refractivity contribution in [2.24, 2.45) is 10.9 Å². The highest BCUT2D eigenvalue weighted by Gasteiger charge is 2.19. The van der Waals surface area contributed by atoms with Crippen molar-refractivity contribution in [3.63, 3.8) is 0 Å². The van der Waals surface area contributed by atoms with Crippen LogP contribution in [0.4, 0.5) is 0 Å². The van der Waals surface area contributed by atoms with Gasteiger partial charge in [0.15, 0.2) is 5.96 Å². The van der Waals surface area contributed by atoms with Crippen molar-refractivity contribution in [3.05, 3.63) is 11.6 Å². The van der Waals surface area contributed by atoms with Crippen LogP contribution in [0.1, 0.15) is 70.4 Å². The number of nitrogens with one attached hydrogen (secondary N) is 2. The topological polar surface area (TPSA) is 67.1 Å². The van der Waals surface area contributed by atoms with Gasteiger partial charge in [-0.25, -0.2) is 0 Å². The molecule has 0 bridgehead atoms. The number of hydrogen-bond donors (Lipinski definition) is 2. The van der Waals surface area contributed by atoms with Crippen LogP contribution in [-0.2, 0) is 19.4 Å². The lowest BCUT2D eigenvalue weighted by Gasteiger charge is -2.28. The molecule has 1 fully saturated rings. The number of rotatable bonds is 5. The molecule has 0 saturated heterocycles. The van der Waals surface area contributed by atoms with Crippen molar-refractivity contribution in [2.75, 3.05) is 13.1 Å². The van der Waals surface area contributed by atoms with E-state index in [0.717, 1.165) is 56.0 Å². The molecule has 1 aromatic heterocycles. The van der Waals surface area contributed by atoms with Gasteiger partial charge in [0, 0.05) is 38.5 Å². The van der Waals surface area contributed by atoms with Gasteiger partial charge in [-0.1, -0.05) is 13.3 Å². The number of guanidine groups is 1. The molecule has 140 valence electrons. The third kappa shape index (κ3) is 5.19. The van der Waals surface area contributed by atoms with Gasteiger partial charge >= 0.3 is 0 Å². The normalized spacial score (nSPS) is 24.5. The van der Waals surface area contributed by atoms with E-state index in [1.54, 1.807) is 0 Å². The number of fused-ring (bicyclic) bond motifs is 1. The predicted molar refractivity (Wildman–Crippen MR) is 102 cm³/mol. The molecule has 25 heavy (non-hydrogen) atoms. The number of aryl methyl sites for hydroxylation is 1. The summed E-state index contributed by atoms with van der Waals surface area (Å²) >= 11 is 0. The van der Waals surface area contributed by atoms with Crippen LogP contribution in [0.25, 0.3) is 0 Å². The van der Waals surface area contributed by atoms with Crippen molar-refractivity contribution in [3.8, 4) is 0 Å². The zero-order valence-electron chi connectivity index (χ0n) is 15.9. The summed E-state index contributed by atoms with van der Waals surface area (Å²) in [6.07, 6.45) is 10.9. The number of aromatic nitrogens is 3. The fourth-order valence-corrected chi connectivity index (χ4v) is 3.92. The summed E-state index contributed by atoms with van der Waals surface area (Å²) in [5.74, 6) is 4.10. The van der Waals surface area contributed by atoms with E-state index in [1.807, 2.05) is 0 Å². The Hall–Kier alpha value is -1.59. The molecule has 1 aliphatic carbocycles. The Morgan fingerprint density at radius 2 is 2.00 bits per heavy atom. The molecule has 3 rings (SSSR count). The zero-order valence-corrected chi connectivity index (χ0v) is 15.9. The molecule has 1 aliphatic heterocycles. The van der Waals surface area contributed by atoms with Crippen molar-refractivity contribution >= 4 is 5.96 Å². The van der Waals surface area contributed by atoms with E-state index in [1.165, 1.54) is 44.9 Å². The highest BCUT2D eigenvalue weighted by Crippen LogP contribution is 2.23. The smallest absolute Gasteiger partial charge is 0.191 e. The maximum Gasteiger partial charge on any atom is 0.191 e. The van der Waals surface area contributed by atoms with E-state index in [-0.39, 0.29) is 0 Å². The number of nitrogens with zero attached hydrogens (tertiary/aromatic N) is 4. The lowest BCUT2D eigenvalue weighted by atomic mass is 9.87. The molecule has 1 aromatic rings. The molecular formula is C19H34N6. The van der Waals surface area contributed by atoms with Crippen LogP contribution in [0.3, 0.4) is 0 Å². The first-order valence-electron chi connectivity index (χ1n) is 10.2. The monoisotopic (exact) mass is 346 g/mol. The Morgan fingerprint density at radius 3 is 2.80 bits per heavy atom. The number of hydrogen-bond acceptors (Lipinski definition) is 3. The van der Waals surface area contributed by atoms with Crippen LogP contribution in [0, 0.1) is 5.92 Å². The van der Waals surface area contributed by atoms with Gasteiger partial charge in [0.25, 0.3) is 0 Å². The van der Waals surface area contributed by atoms with Gasteiger partial charge in [-0.05, 0) is 51.4 Å². The zero-order chi connectivity index (χ0) is 17.5. The summed E-state index contributed by atoms with van der Waals surface area (Å²) in [5.41, 5.74) is 0. The van der Waals surface area contributed by atoms with E-state index < -0.39 is 0 Å². The third-order valence-corrected chi connectivity index (χ3v) is 5.49. The first kappa shape index (κ1) is 18.2. The molecule has 6 heteroatoms. The Morgan fingerprint density at radius 1 is 1.16 bits per heavy atom. The van der Waals surface area contributed by atoms with E-state index in [9.17, 15) is 0 Å². The second-order valence-electron chi connectivity index (χ2n) is 7.61. The van der Waals surface area contributed by atoms with Gasteiger partial charge in [0.2, 0.25) is 0 Å². The average Bonchev–Trinajstić information content (AvgIpc) is 2.84. The van der Waals surface area contributed by atoms with Crippen molar-refractivity contribution in [1.82, 2.24) is 25.4 Å². The van der Waals surface area contributed by atoms with Gasteiger partial charge < -0.3 is 15.2 Å². The third-order valence-electron chi connectivity index (χ3n) is 5.49. The van der Waals surface area contributed by atoms with Gasteiger partial charge in [0.05, 0.1) is 0 Å².